The van der Waals surface area contributed by atoms with Crippen molar-refractivity contribution in [2.24, 2.45) is 11.3 Å². The van der Waals surface area contributed by atoms with Gasteiger partial charge in [0.1, 0.15) is 0 Å². The van der Waals surface area contributed by atoms with Crippen LogP contribution < -0.4 is 0 Å². The maximum Gasteiger partial charge on any atom is 0.585 e. The van der Waals surface area contributed by atoms with Crippen molar-refractivity contribution in [2.45, 2.75) is 39.4 Å². The summed E-state index contributed by atoms with van der Waals surface area (Å²) >= 11 is 0. The highest BCUT2D eigenvalue weighted by molar-refractivity contribution is 5.35. The van der Waals surface area contributed by atoms with E-state index in [0.717, 1.165) is 19.3 Å². The molecule has 0 aromatic carbocycles. The third-order valence-corrected chi connectivity index (χ3v) is 3.75. The molecular weight excluding hydrogens is 214 g/mol. The molecule has 1 fully saturated rings. The zero-order valence-corrected chi connectivity index (χ0v) is 9.35. The molecule has 16 heavy (non-hydrogen) atoms. The average Bonchev–Trinajstić information content (AvgIpc) is 2.82. The Kier molecular flexibility index (Phi) is 1.76. The van der Waals surface area contributed by atoms with Crippen molar-refractivity contribution in [3.8, 4) is 0 Å². The van der Waals surface area contributed by atoms with Crippen molar-refractivity contribution in [1.82, 2.24) is 0 Å². The number of allylic oxidation sites excluding steroid dienone is 3. The second-order valence-electron chi connectivity index (χ2n) is 5.23. The van der Waals surface area contributed by atoms with Crippen LogP contribution in [0.3, 0.4) is 0 Å². The van der Waals surface area contributed by atoms with Crippen molar-refractivity contribution in [1.29, 1.82) is 0 Å². The lowest BCUT2D eigenvalue weighted by molar-refractivity contribution is -0.337. The van der Waals surface area contributed by atoms with Crippen LogP contribution in [-0.2, 0) is 9.47 Å². The highest BCUT2D eigenvalue weighted by Crippen LogP contribution is 2.56. The zero-order valence-electron chi connectivity index (χ0n) is 9.35. The minimum absolute atomic E-state index is 0.0131. The predicted octanol–water partition coefficient (Wildman–Crippen LogP) is 3.56. The number of hydrogen-bond donors (Lipinski definition) is 0. The van der Waals surface area contributed by atoms with Crippen LogP contribution in [0.5, 0.6) is 0 Å². The molecule has 1 unspecified atom stereocenters. The number of rotatable bonds is 1. The Bertz CT molecular complexity index is 405. The van der Waals surface area contributed by atoms with Gasteiger partial charge in [-0.1, -0.05) is 19.4 Å². The Labute approximate surface area is 92.9 Å². The van der Waals surface area contributed by atoms with E-state index in [1.807, 2.05) is 6.92 Å². The molecule has 0 bridgehead atoms. The summed E-state index contributed by atoms with van der Waals surface area (Å²) in [5, 5.41) is 0. The van der Waals surface area contributed by atoms with E-state index in [9.17, 15) is 8.78 Å². The summed E-state index contributed by atoms with van der Waals surface area (Å²) in [6.45, 7) is 4.07. The van der Waals surface area contributed by atoms with E-state index in [1.54, 1.807) is 6.08 Å². The fourth-order valence-electron chi connectivity index (χ4n) is 2.39. The first kappa shape index (κ1) is 10.1. The standard InChI is InChI=1S/C12H14F2O2/c1-7-5-8(11(2)3-4-11)6-9-10(7)16-12(13,14)15-9/h6-7H,3-5H2,1-2H3. The van der Waals surface area contributed by atoms with Crippen molar-refractivity contribution in [3.63, 3.8) is 0 Å². The molecule has 2 nitrogen and oxygen atoms in total. The topological polar surface area (TPSA) is 18.5 Å². The summed E-state index contributed by atoms with van der Waals surface area (Å²) in [5.41, 5.74) is 1.44. The van der Waals surface area contributed by atoms with Crippen molar-refractivity contribution < 1.29 is 18.3 Å². The molecule has 1 heterocycles. The summed E-state index contributed by atoms with van der Waals surface area (Å²) in [5.74, 6) is 0.519. The van der Waals surface area contributed by atoms with Crippen LogP contribution in [0.2, 0.25) is 0 Å². The molecule has 0 saturated heterocycles. The molecular formula is C12H14F2O2. The third-order valence-electron chi connectivity index (χ3n) is 3.75. The summed E-state index contributed by atoms with van der Waals surface area (Å²) in [7, 11) is 0. The van der Waals surface area contributed by atoms with Gasteiger partial charge in [0.2, 0.25) is 0 Å². The van der Waals surface area contributed by atoms with Gasteiger partial charge >= 0.3 is 6.29 Å². The second-order valence-corrected chi connectivity index (χ2v) is 5.23. The smallest absolute Gasteiger partial charge is 0.400 e. The Morgan fingerprint density at radius 1 is 1.31 bits per heavy atom. The monoisotopic (exact) mass is 228 g/mol. The molecule has 0 N–H and O–H groups in total. The molecule has 1 atom stereocenters. The highest BCUT2D eigenvalue weighted by Gasteiger charge is 2.50. The molecule has 2 aliphatic carbocycles. The highest BCUT2D eigenvalue weighted by atomic mass is 19.3. The van der Waals surface area contributed by atoms with Gasteiger partial charge in [-0.2, -0.15) is 0 Å². The predicted molar refractivity (Wildman–Crippen MR) is 53.3 cm³/mol. The molecule has 0 spiro atoms. The van der Waals surface area contributed by atoms with Gasteiger partial charge in [-0.25, -0.2) is 0 Å². The SMILES string of the molecule is CC1CC(C2(C)CC2)=CC2=C1OC(F)(F)O2. The maximum absolute atomic E-state index is 12.9. The van der Waals surface area contributed by atoms with Crippen molar-refractivity contribution in [2.75, 3.05) is 0 Å². The molecule has 4 heteroatoms. The minimum atomic E-state index is -3.48. The van der Waals surface area contributed by atoms with Crippen LogP contribution in [0, 0.1) is 11.3 Å². The summed E-state index contributed by atoms with van der Waals surface area (Å²) in [6.07, 6.45) is 1.37. The van der Waals surface area contributed by atoms with Crippen LogP contribution in [0.4, 0.5) is 8.78 Å². The first-order valence-corrected chi connectivity index (χ1v) is 5.61. The number of hydrogen-bond acceptors (Lipinski definition) is 2. The molecule has 1 aliphatic heterocycles. The quantitative estimate of drug-likeness (QED) is 0.683. The Hall–Kier alpha value is -1.06. The fraction of sp³-hybridized carbons (Fsp3) is 0.667. The van der Waals surface area contributed by atoms with Gasteiger partial charge in [-0.3, -0.25) is 0 Å². The maximum atomic E-state index is 12.9. The number of halogens is 2. The lowest BCUT2D eigenvalue weighted by atomic mass is 9.84. The lowest BCUT2D eigenvalue weighted by Gasteiger charge is -2.22. The normalized spacial score (nSPS) is 33.8. The van der Waals surface area contributed by atoms with E-state index < -0.39 is 6.29 Å². The molecule has 0 aromatic heterocycles. The van der Waals surface area contributed by atoms with E-state index in [4.69, 9.17) is 0 Å². The van der Waals surface area contributed by atoms with Crippen LogP contribution >= 0.6 is 0 Å². The molecule has 0 radical (unpaired) electrons. The molecule has 1 saturated carbocycles. The fourth-order valence-corrected chi connectivity index (χ4v) is 2.39. The molecule has 3 aliphatic rings. The van der Waals surface area contributed by atoms with Crippen LogP contribution in [0.15, 0.2) is 23.2 Å². The van der Waals surface area contributed by atoms with E-state index in [2.05, 4.69) is 16.4 Å². The first-order valence-electron chi connectivity index (χ1n) is 5.61. The Morgan fingerprint density at radius 3 is 2.62 bits per heavy atom. The lowest BCUT2D eigenvalue weighted by Crippen LogP contribution is -2.17. The first-order chi connectivity index (χ1) is 7.40. The van der Waals surface area contributed by atoms with E-state index in [-0.39, 0.29) is 17.1 Å². The van der Waals surface area contributed by atoms with Crippen LogP contribution in [0.1, 0.15) is 33.1 Å². The largest absolute Gasteiger partial charge is 0.585 e. The van der Waals surface area contributed by atoms with Gasteiger partial charge in [-0.15, -0.1) is 8.78 Å². The third kappa shape index (κ3) is 1.43. The molecule has 3 rings (SSSR count). The summed E-state index contributed by atoms with van der Waals surface area (Å²) in [4.78, 5) is 0. The Balaban J connectivity index is 1.93. The Morgan fingerprint density at radius 2 is 2.00 bits per heavy atom. The van der Waals surface area contributed by atoms with E-state index in [1.165, 1.54) is 5.57 Å². The second kappa shape index (κ2) is 2.79. The average molecular weight is 228 g/mol. The van der Waals surface area contributed by atoms with Crippen molar-refractivity contribution in [3.05, 3.63) is 23.2 Å². The number of ether oxygens (including phenoxy) is 2. The van der Waals surface area contributed by atoms with Crippen LogP contribution in [-0.4, -0.2) is 6.29 Å². The van der Waals surface area contributed by atoms with Gasteiger partial charge in [0.25, 0.3) is 0 Å². The van der Waals surface area contributed by atoms with E-state index >= 15 is 0 Å². The molecule has 0 aromatic rings. The van der Waals surface area contributed by atoms with Gasteiger partial charge in [-0.05, 0) is 30.8 Å². The van der Waals surface area contributed by atoms with Crippen LogP contribution in [0.25, 0.3) is 0 Å². The summed E-state index contributed by atoms with van der Waals surface area (Å²) in [6, 6.07) is 0. The summed E-state index contributed by atoms with van der Waals surface area (Å²) < 4.78 is 34.9. The minimum Gasteiger partial charge on any atom is -0.400 e. The van der Waals surface area contributed by atoms with E-state index in [0.29, 0.717) is 5.76 Å². The molecule has 88 valence electrons. The number of alkyl halides is 2. The van der Waals surface area contributed by atoms with Gasteiger partial charge in [0.15, 0.2) is 11.5 Å². The zero-order chi connectivity index (χ0) is 11.6. The molecule has 0 amide bonds. The van der Waals surface area contributed by atoms with Gasteiger partial charge in [0, 0.05) is 5.92 Å². The van der Waals surface area contributed by atoms with Gasteiger partial charge < -0.3 is 9.47 Å². The van der Waals surface area contributed by atoms with Gasteiger partial charge in [0.05, 0.1) is 0 Å². The van der Waals surface area contributed by atoms with Crippen molar-refractivity contribution >= 4 is 0 Å².